The summed E-state index contributed by atoms with van der Waals surface area (Å²) in [6.45, 7) is 2.78. The Hall–Kier alpha value is -1.13. The second-order valence-corrected chi connectivity index (χ2v) is 4.86. The van der Waals surface area contributed by atoms with Gasteiger partial charge in [-0.15, -0.1) is 0 Å². The predicted octanol–water partition coefficient (Wildman–Crippen LogP) is 3.81. The molecule has 0 aliphatic rings. The van der Waals surface area contributed by atoms with Gasteiger partial charge in [-0.3, -0.25) is 4.98 Å². The van der Waals surface area contributed by atoms with Crippen LogP contribution in [0.3, 0.4) is 0 Å². The summed E-state index contributed by atoms with van der Waals surface area (Å²) in [6.07, 6.45) is 5.36. The lowest BCUT2D eigenvalue weighted by Crippen LogP contribution is -2.02. The SMILES string of the molecule is Cc1ccncc1CNc1cnc(Cl)c(Br)c1. The summed E-state index contributed by atoms with van der Waals surface area (Å²) in [6, 6.07) is 3.90. The molecule has 0 bridgehead atoms. The second-order valence-electron chi connectivity index (χ2n) is 3.65. The molecule has 0 spiro atoms. The smallest absolute Gasteiger partial charge is 0.143 e. The Bertz CT molecular complexity index is 531. The molecule has 5 heteroatoms. The molecule has 0 aliphatic carbocycles. The number of nitrogens with zero attached hydrogens (tertiary/aromatic N) is 2. The van der Waals surface area contributed by atoms with E-state index in [0.717, 1.165) is 16.7 Å². The lowest BCUT2D eigenvalue weighted by atomic mass is 10.1. The Morgan fingerprint density at radius 1 is 1.41 bits per heavy atom. The Morgan fingerprint density at radius 2 is 2.24 bits per heavy atom. The van der Waals surface area contributed by atoms with Crippen LogP contribution in [0.5, 0.6) is 0 Å². The number of pyridine rings is 2. The van der Waals surface area contributed by atoms with Crippen LogP contribution in [0.25, 0.3) is 0 Å². The number of hydrogen-bond donors (Lipinski definition) is 1. The molecule has 0 fully saturated rings. The van der Waals surface area contributed by atoms with Crippen molar-refractivity contribution in [2.24, 2.45) is 0 Å². The van der Waals surface area contributed by atoms with Gasteiger partial charge < -0.3 is 5.32 Å². The number of halogens is 2. The van der Waals surface area contributed by atoms with Gasteiger partial charge >= 0.3 is 0 Å². The third-order valence-corrected chi connectivity index (χ3v) is 3.56. The van der Waals surface area contributed by atoms with E-state index >= 15 is 0 Å². The molecule has 0 atom stereocenters. The summed E-state index contributed by atoms with van der Waals surface area (Å²) in [5.41, 5.74) is 3.30. The van der Waals surface area contributed by atoms with Crippen LogP contribution in [-0.4, -0.2) is 9.97 Å². The molecule has 2 rings (SSSR count). The van der Waals surface area contributed by atoms with Gasteiger partial charge in [0, 0.05) is 18.9 Å². The first kappa shape index (κ1) is 12.3. The standard InChI is InChI=1S/C12H11BrClN3/c1-8-2-3-15-5-9(8)6-16-10-4-11(13)12(14)17-7-10/h2-5,7,16H,6H2,1H3. The highest BCUT2D eigenvalue weighted by Gasteiger charge is 2.01. The quantitative estimate of drug-likeness (QED) is 0.876. The molecular formula is C12H11BrClN3. The Kier molecular flexibility index (Phi) is 3.97. The van der Waals surface area contributed by atoms with E-state index in [1.807, 2.05) is 18.3 Å². The number of hydrogen-bond acceptors (Lipinski definition) is 3. The summed E-state index contributed by atoms with van der Waals surface area (Å²) in [4.78, 5) is 8.16. The topological polar surface area (TPSA) is 37.8 Å². The van der Waals surface area contributed by atoms with Crippen molar-refractivity contribution in [2.45, 2.75) is 13.5 Å². The maximum absolute atomic E-state index is 5.83. The third kappa shape index (κ3) is 3.17. The average Bonchev–Trinajstić information content (AvgIpc) is 2.32. The third-order valence-electron chi connectivity index (χ3n) is 2.43. The summed E-state index contributed by atoms with van der Waals surface area (Å²) < 4.78 is 0.784. The zero-order valence-electron chi connectivity index (χ0n) is 9.24. The van der Waals surface area contributed by atoms with Crippen LogP contribution in [0.1, 0.15) is 11.1 Å². The average molecular weight is 313 g/mol. The molecule has 3 nitrogen and oxygen atoms in total. The number of rotatable bonds is 3. The van der Waals surface area contributed by atoms with Crippen molar-refractivity contribution in [1.82, 2.24) is 9.97 Å². The van der Waals surface area contributed by atoms with E-state index in [4.69, 9.17) is 11.6 Å². The van der Waals surface area contributed by atoms with Crippen LogP contribution < -0.4 is 5.32 Å². The minimum atomic E-state index is 0.466. The van der Waals surface area contributed by atoms with Gasteiger partial charge in [0.05, 0.1) is 16.4 Å². The van der Waals surface area contributed by atoms with E-state index in [1.54, 1.807) is 12.4 Å². The largest absolute Gasteiger partial charge is 0.380 e. The Balaban J connectivity index is 2.08. The summed E-state index contributed by atoms with van der Waals surface area (Å²) in [7, 11) is 0. The zero-order valence-corrected chi connectivity index (χ0v) is 11.6. The fourth-order valence-corrected chi connectivity index (χ4v) is 1.85. The fraction of sp³-hybridized carbons (Fsp3) is 0.167. The zero-order chi connectivity index (χ0) is 12.3. The van der Waals surface area contributed by atoms with Crippen LogP contribution in [0, 0.1) is 6.92 Å². The molecular weight excluding hydrogens is 302 g/mol. The first-order valence-electron chi connectivity index (χ1n) is 5.11. The maximum Gasteiger partial charge on any atom is 0.143 e. The van der Waals surface area contributed by atoms with Crippen molar-refractivity contribution < 1.29 is 0 Å². The minimum absolute atomic E-state index is 0.466. The summed E-state index contributed by atoms with van der Waals surface area (Å²) in [5, 5.41) is 3.74. The highest BCUT2D eigenvalue weighted by atomic mass is 79.9. The number of anilines is 1. The molecule has 0 aromatic carbocycles. The first-order valence-corrected chi connectivity index (χ1v) is 6.28. The molecule has 2 aromatic heterocycles. The van der Waals surface area contributed by atoms with E-state index in [-0.39, 0.29) is 0 Å². The van der Waals surface area contributed by atoms with Crippen LogP contribution in [0.15, 0.2) is 35.2 Å². The second kappa shape index (κ2) is 5.47. The lowest BCUT2D eigenvalue weighted by molar-refractivity contribution is 1.08. The summed E-state index contributed by atoms with van der Waals surface area (Å²) >= 11 is 9.17. The predicted molar refractivity (Wildman–Crippen MR) is 73.2 cm³/mol. The van der Waals surface area contributed by atoms with Gasteiger partial charge in [0.25, 0.3) is 0 Å². The number of aryl methyl sites for hydroxylation is 1. The monoisotopic (exact) mass is 311 g/mol. The first-order chi connectivity index (χ1) is 8.16. The molecule has 17 heavy (non-hydrogen) atoms. The highest BCUT2D eigenvalue weighted by Crippen LogP contribution is 2.23. The van der Waals surface area contributed by atoms with Crippen LogP contribution in [-0.2, 0) is 6.54 Å². The summed E-state index contributed by atoms with van der Waals surface area (Å²) in [5.74, 6) is 0. The molecule has 0 saturated carbocycles. The molecule has 0 unspecified atom stereocenters. The van der Waals surface area contributed by atoms with Crippen molar-refractivity contribution >= 4 is 33.2 Å². The lowest BCUT2D eigenvalue weighted by Gasteiger charge is -2.08. The van der Waals surface area contributed by atoms with Crippen molar-refractivity contribution in [1.29, 1.82) is 0 Å². The van der Waals surface area contributed by atoms with E-state index in [9.17, 15) is 0 Å². The number of aromatic nitrogens is 2. The van der Waals surface area contributed by atoms with Crippen molar-refractivity contribution in [3.63, 3.8) is 0 Å². The van der Waals surface area contributed by atoms with Crippen molar-refractivity contribution in [2.75, 3.05) is 5.32 Å². The Labute approximate surface area is 113 Å². The Morgan fingerprint density at radius 3 is 2.94 bits per heavy atom. The van der Waals surface area contributed by atoms with E-state index in [1.165, 1.54) is 11.1 Å². The van der Waals surface area contributed by atoms with E-state index in [0.29, 0.717) is 5.15 Å². The molecule has 0 radical (unpaired) electrons. The van der Waals surface area contributed by atoms with Gasteiger partial charge in [-0.05, 0) is 46.1 Å². The van der Waals surface area contributed by atoms with Gasteiger partial charge in [-0.1, -0.05) is 11.6 Å². The maximum atomic E-state index is 5.83. The van der Waals surface area contributed by atoms with E-state index in [2.05, 4.69) is 38.1 Å². The van der Waals surface area contributed by atoms with Crippen molar-refractivity contribution in [3.8, 4) is 0 Å². The van der Waals surface area contributed by atoms with Crippen LogP contribution >= 0.6 is 27.5 Å². The minimum Gasteiger partial charge on any atom is -0.380 e. The molecule has 1 N–H and O–H groups in total. The highest BCUT2D eigenvalue weighted by molar-refractivity contribution is 9.10. The molecule has 0 saturated heterocycles. The van der Waals surface area contributed by atoms with Crippen LogP contribution in [0.4, 0.5) is 5.69 Å². The fourth-order valence-electron chi connectivity index (χ4n) is 1.40. The molecule has 2 heterocycles. The molecule has 0 amide bonds. The van der Waals surface area contributed by atoms with Crippen LogP contribution in [0.2, 0.25) is 5.15 Å². The van der Waals surface area contributed by atoms with E-state index < -0.39 is 0 Å². The molecule has 88 valence electrons. The van der Waals surface area contributed by atoms with Gasteiger partial charge in [-0.2, -0.15) is 0 Å². The molecule has 2 aromatic rings. The number of nitrogens with one attached hydrogen (secondary N) is 1. The van der Waals surface area contributed by atoms with Gasteiger partial charge in [0.1, 0.15) is 5.15 Å². The van der Waals surface area contributed by atoms with Gasteiger partial charge in [0.2, 0.25) is 0 Å². The van der Waals surface area contributed by atoms with Gasteiger partial charge in [-0.25, -0.2) is 4.98 Å². The molecule has 0 aliphatic heterocycles. The van der Waals surface area contributed by atoms with Crippen molar-refractivity contribution in [3.05, 3.63) is 51.5 Å². The normalized spacial score (nSPS) is 10.3. The van der Waals surface area contributed by atoms with Gasteiger partial charge in [0.15, 0.2) is 0 Å².